The molecule has 0 saturated carbocycles. The van der Waals surface area contributed by atoms with Crippen molar-refractivity contribution in [2.24, 2.45) is 0 Å². The molecule has 27 heavy (non-hydrogen) atoms. The molecule has 2 aromatic rings. The van der Waals surface area contributed by atoms with Gasteiger partial charge in [0.05, 0.1) is 33.0 Å². The molecular formula is C14H16N4O7S2. The van der Waals surface area contributed by atoms with Gasteiger partial charge in [-0.2, -0.15) is 9.97 Å². The van der Waals surface area contributed by atoms with Crippen molar-refractivity contribution < 1.29 is 32.2 Å². The van der Waals surface area contributed by atoms with Gasteiger partial charge in [-0.3, -0.25) is 5.32 Å². The first-order valence-corrected chi connectivity index (χ1v) is 9.74. The highest BCUT2D eigenvalue weighted by atomic mass is 32.2. The van der Waals surface area contributed by atoms with Gasteiger partial charge in [0.2, 0.25) is 27.7 Å². The van der Waals surface area contributed by atoms with Crippen molar-refractivity contribution in [2.45, 2.75) is 5.75 Å². The molecule has 146 valence electrons. The number of carbonyl (C=O) groups excluding carboxylic acids is 2. The highest BCUT2D eigenvalue weighted by Crippen LogP contribution is 2.20. The van der Waals surface area contributed by atoms with Crippen molar-refractivity contribution in [2.75, 3.05) is 26.6 Å². The summed E-state index contributed by atoms with van der Waals surface area (Å²) in [6.07, 6.45) is 0. The normalized spacial score (nSPS) is 10.8. The largest absolute Gasteiger partial charge is 0.481 e. The lowest BCUT2D eigenvalue weighted by Gasteiger charge is -2.09. The standard InChI is InChI=1S/C14H16N4O7S2/c1-23-10-6-11(24-2)16-13(15-10)17-14(20)18-27(21,22)7-9-8(4-5-26-9)12(19)25-3/h4-6H,7H2,1-3H3,(H2,15,16,17,18,20). The lowest BCUT2D eigenvalue weighted by molar-refractivity contribution is 0.0600. The highest BCUT2D eigenvalue weighted by molar-refractivity contribution is 7.89. The third-order valence-electron chi connectivity index (χ3n) is 3.04. The van der Waals surface area contributed by atoms with Gasteiger partial charge in [0, 0.05) is 4.88 Å². The zero-order valence-electron chi connectivity index (χ0n) is 14.5. The lowest BCUT2D eigenvalue weighted by atomic mass is 10.3. The molecule has 0 fully saturated rings. The van der Waals surface area contributed by atoms with E-state index in [4.69, 9.17) is 9.47 Å². The van der Waals surface area contributed by atoms with Crippen molar-refractivity contribution in [3.05, 3.63) is 28.0 Å². The van der Waals surface area contributed by atoms with Crippen LogP contribution in [-0.2, 0) is 20.5 Å². The molecule has 2 N–H and O–H groups in total. The van der Waals surface area contributed by atoms with Gasteiger partial charge in [-0.1, -0.05) is 0 Å². The number of rotatable bonds is 7. The fourth-order valence-electron chi connectivity index (χ4n) is 1.89. The number of ether oxygens (including phenoxy) is 3. The van der Waals surface area contributed by atoms with Crippen LogP contribution in [0.1, 0.15) is 15.2 Å². The number of sulfonamides is 1. The van der Waals surface area contributed by atoms with E-state index in [0.29, 0.717) is 0 Å². The summed E-state index contributed by atoms with van der Waals surface area (Å²) < 4.78 is 40.7. The predicted molar refractivity (Wildman–Crippen MR) is 95.6 cm³/mol. The molecule has 11 nitrogen and oxygen atoms in total. The molecular weight excluding hydrogens is 400 g/mol. The molecule has 0 aliphatic rings. The molecule has 2 aromatic heterocycles. The van der Waals surface area contributed by atoms with Crippen LogP contribution in [0.3, 0.4) is 0 Å². The molecule has 0 radical (unpaired) electrons. The molecule has 0 spiro atoms. The molecule has 2 heterocycles. The van der Waals surface area contributed by atoms with Crippen LogP contribution >= 0.6 is 11.3 Å². The molecule has 0 atom stereocenters. The maximum atomic E-state index is 12.2. The Bertz CT molecular complexity index is 920. The van der Waals surface area contributed by atoms with E-state index in [1.807, 2.05) is 4.72 Å². The number of anilines is 1. The number of urea groups is 1. The minimum Gasteiger partial charge on any atom is -0.481 e. The molecule has 13 heteroatoms. The van der Waals surface area contributed by atoms with Crippen molar-refractivity contribution in [1.29, 1.82) is 0 Å². The van der Waals surface area contributed by atoms with Crippen LogP contribution in [0, 0.1) is 0 Å². The summed E-state index contributed by atoms with van der Waals surface area (Å²) in [7, 11) is -0.196. The van der Waals surface area contributed by atoms with E-state index >= 15 is 0 Å². The summed E-state index contributed by atoms with van der Waals surface area (Å²) in [5.74, 6) is -1.24. The molecule has 2 amide bonds. The smallest absolute Gasteiger partial charge is 0.339 e. The van der Waals surface area contributed by atoms with E-state index in [1.54, 1.807) is 5.38 Å². The summed E-state index contributed by atoms with van der Waals surface area (Å²) in [4.78, 5) is 31.5. The van der Waals surface area contributed by atoms with Gasteiger partial charge in [0.25, 0.3) is 0 Å². The number of nitrogens with one attached hydrogen (secondary N) is 2. The average Bonchev–Trinajstić information content (AvgIpc) is 3.07. The van der Waals surface area contributed by atoms with E-state index < -0.39 is 27.8 Å². The lowest BCUT2D eigenvalue weighted by Crippen LogP contribution is -2.35. The zero-order chi connectivity index (χ0) is 20.0. The van der Waals surface area contributed by atoms with E-state index in [1.165, 1.54) is 33.5 Å². The van der Waals surface area contributed by atoms with Crippen molar-refractivity contribution in [3.8, 4) is 11.8 Å². The van der Waals surface area contributed by atoms with Crippen LogP contribution in [0.4, 0.5) is 10.7 Å². The maximum absolute atomic E-state index is 12.2. The van der Waals surface area contributed by atoms with E-state index in [-0.39, 0.29) is 28.1 Å². The summed E-state index contributed by atoms with van der Waals surface area (Å²) in [6, 6.07) is 1.74. The molecule has 0 aliphatic heterocycles. The van der Waals surface area contributed by atoms with Crippen molar-refractivity contribution in [1.82, 2.24) is 14.7 Å². The van der Waals surface area contributed by atoms with Gasteiger partial charge < -0.3 is 14.2 Å². The summed E-state index contributed by atoms with van der Waals surface area (Å²) >= 11 is 1.05. The fourth-order valence-corrected chi connectivity index (χ4v) is 4.18. The Morgan fingerprint density at radius 3 is 2.33 bits per heavy atom. The van der Waals surface area contributed by atoms with E-state index in [9.17, 15) is 18.0 Å². The number of amides is 2. The highest BCUT2D eigenvalue weighted by Gasteiger charge is 2.22. The summed E-state index contributed by atoms with van der Waals surface area (Å²) in [5.41, 5.74) is 0.120. The van der Waals surface area contributed by atoms with Crippen LogP contribution < -0.4 is 19.5 Å². The summed E-state index contributed by atoms with van der Waals surface area (Å²) in [6.45, 7) is 0. The number of esters is 1. The number of carbonyl (C=O) groups is 2. The Morgan fingerprint density at radius 2 is 1.78 bits per heavy atom. The third-order valence-corrected chi connectivity index (χ3v) is 5.31. The second-order valence-corrected chi connectivity index (χ2v) is 7.56. The van der Waals surface area contributed by atoms with Crippen LogP contribution in [-0.4, -0.2) is 51.7 Å². The fraction of sp³-hybridized carbons (Fsp3) is 0.286. The Balaban J connectivity index is 2.09. The van der Waals surface area contributed by atoms with Gasteiger partial charge in [-0.15, -0.1) is 11.3 Å². The van der Waals surface area contributed by atoms with Gasteiger partial charge in [0.1, 0.15) is 5.75 Å². The summed E-state index contributed by atoms with van der Waals surface area (Å²) in [5, 5.41) is 3.73. The minimum absolute atomic E-state index is 0.112. The number of hydrogen-bond acceptors (Lipinski definition) is 10. The second kappa shape index (κ2) is 8.64. The van der Waals surface area contributed by atoms with Gasteiger partial charge in [-0.25, -0.2) is 22.7 Å². The van der Waals surface area contributed by atoms with Gasteiger partial charge >= 0.3 is 12.0 Å². The van der Waals surface area contributed by atoms with Crippen LogP contribution in [0.2, 0.25) is 0 Å². The van der Waals surface area contributed by atoms with E-state index in [2.05, 4.69) is 20.0 Å². The number of methoxy groups -OCH3 is 3. The molecule has 0 bridgehead atoms. The van der Waals surface area contributed by atoms with Gasteiger partial charge in [-0.05, 0) is 11.4 Å². The van der Waals surface area contributed by atoms with Gasteiger partial charge in [0.15, 0.2) is 0 Å². The average molecular weight is 416 g/mol. The van der Waals surface area contributed by atoms with E-state index in [0.717, 1.165) is 11.3 Å². The molecule has 2 rings (SSSR count). The SMILES string of the molecule is COC(=O)c1ccsc1CS(=O)(=O)NC(=O)Nc1nc(OC)cc(OC)n1. The molecule has 0 aliphatic carbocycles. The minimum atomic E-state index is -4.10. The topological polar surface area (TPSA) is 146 Å². The predicted octanol–water partition coefficient (Wildman–Crippen LogP) is 0.993. The first-order chi connectivity index (χ1) is 12.8. The Kier molecular flexibility index (Phi) is 6.52. The van der Waals surface area contributed by atoms with Crippen LogP contribution in [0.15, 0.2) is 17.5 Å². The van der Waals surface area contributed by atoms with Crippen LogP contribution in [0.5, 0.6) is 11.8 Å². The number of thiophene rings is 1. The maximum Gasteiger partial charge on any atom is 0.339 e. The van der Waals surface area contributed by atoms with Crippen LogP contribution in [0.25, 0.3) is 0 Å². The van der Waals surface area contributed by atoms with Crippen molar-refractivity contribution >= 4 is 39.3 Å². The third kappa shape index (κ3) is 5.52. The monoisotopic (exact) mass is 416 g/mol. The number of hydrogen-bond donors (Lipinski definition) is 2. The quantitative estimate of drug-likeness (QED) is 0.631. The Labute approximate surface area is 158 Å². The Morgan fingerprint density at radius 1 is 1.15 bits per heavy atom. The zero-order valence-corrected chi connectivity index (χ0v) is 16.1. The molecule has 0 unspecified atom stereocenters. The second-order valence-electron chi connectivity index (χ2n) is 4.84. The first kappa shape index (κ1) is 20.4. The Hall–Kier alpha value is -2.93. The molecule has 0 saturated heterocycles. The molecule has 0 aromatic carbocycles. The number of nitrogens with zero attached hydrogens (tertiary/aromatic N) is 2. The number of aromatic nitrogens is 2. The van der Waals surface area contributed by atoms with Crippen molar-refractivity contribution in [3.63, 3.8) is 0 Å². The first-order valence-electron chi connectivity index (χ1n) is 7.21.